The first-order valence-corrected chi connectivity index (χ1v) is 12.6. The molecule has 0 bridgehead atoms. The lowest BCUT2D eigenvalue weighted by atomic mass is 10.1. The summed E-state index contributed by atoms with van der Waals surface area (Å²) in [6.07, 6.45) is 1.11. The van der Waals surface area contributed by atoms with Crippen molar-refractivity contribution >= 4 is 27.7 Å². The number of ether oxygens (including phenoxy) is 1. The Bertz CT molecular complexity index is 1100. The fraction of sp³-hybridized carbons (Fsp3) is 0.455. The zero-order chi connectivity index (χ0) is 23.4. The van der Waals surface area contributed by atoms with Crippen molar-refractivity contribution in [2.45, 2.75) is 26.2 Å². The summed E-state index contributed by atoms with van der Waals surface area (Å²) in [7, 11) is -3.59. The fourth-order valence-corrected chi connectivity index (χ4v) is 5.32. The summed E-state index contributed by atoms with van der Waals surface area (Å²) in [4.78, 5) is 35.8. The molecule has 10 nitrogen and oxygen atoms in total. The number of hydrogen-bond acceptors (Lipinski definition) is 8. The molecular formula is C22H27N5O5S. The molecule has 0 saturated carbocycles. The van der Waals surface area contributed by atoms with Crippen LogP contribution in [0, 0.1) is 6.92 Å². The van der Waals surface area contributed by atoms with Crippen LogP contribution in [0.5, 0.6) is 11.6 Å². The lowest BCUT2D eigenvalue weighted by Gasteiger charge is -2.35. The first-order chi connectivity index (χ1) is 15.8. The SMILES string of the molecule is Cc1nc(Oc2ccccc2)cc(N2CCN(S(=O)(=O)CCN3C(=O)CCCC3=O)CC2)n1. The van der Waals surface area contributed by atoms with Crippen LogP contribution in [0.2, 0.25) is 0 Å². The fourth-order valence-electron chi connectivity index (χ4n) is 3.93. The second-order valence-corrected chi connectivity index (χ2v) is 10.1. The molecule has 0 aliphatic carbocycles. The smallest absolute Gasteiger partial charge is 0.229 e. The van der Waals surface area contributed by atoms with Gasteiger partial charge in [0.1, 0.15) is 17.4 Å². The molecule has 2 saturated heterocycles. The van der Waals surface area contributed by atoms with E-state index in [1.165, 1.54) is 4.31 Å². The van der Waals surface area contributed by atoms with Crippen molar-refractivity contribution in [1.82, 2.24) is 19.2 Å². The van der Waals surface area contributed by atoms with Gasteiger partial charge in [0.05, 0.1) is 5.75 Å². The summed E-state index contributed by atoms with van der Waals surface area (Å²) >= 11 is 0. The lowest BCUT2D eigenvalue weighted by Crippen LogP contribution is -2.51. The van der Waals surface area contributed by atoms with E-state index < -0.39 is 10.0 Å². The van der Waals surface area contributed by atoms with Crippen LogP contribution in [0.3, 0.4) is 0 Å². The number of hydrogen-bond donors (Lipinski definition) is 0. The highest BCUT2D eigenvalue weighted by molar-refractivity contribution is 7.89. The van der Waals surface area contributed by atoms with Crippen LogP contribution in [0.1, 0.15) is 25.1 Å². The molecule has 2 fully saturated rings. The molecule has 1 aromatic carbocycles. The molecule has 0 N–H and O–H groups in total. The van der Waals surface area contributed by atoms with Crippen LogP contribution in [0.15, 0.2) is 36.4 Å². The molecule has 2 aliphatic rings. The van der Waals surface area contributed by atoms with Crippen molar-refractivity contribution in [3.63, 3.8) is 0 Å². The van der Waals surface area contributed by atoms with E-state index in [1.807, 2.05) is 35.2 Å². The number of piperazine rings is 1. The number of sulfonamides is 1. The topological polar surface area (TPSA) is 113 Å². The van der Waals surface area contributed by atoms with E-state index in [1.54, 1.807) is 13.0 Å². The molecule has 1 aromatic heterocycles. The standard InChI is InChI=1S/C22H27N5O5S/c1-17-23-19(16-20(24-17)32-18-6-3-2-4-7-18)25-10-12-26(13-11-25)33(30,31)15-14-27-21(28)8-5-9-22(27)29/h2-4,6-7,16H,5,8-15H2,1H3. The number of piperidine rings is 1. The van der Waals surface area contributed by atoms with Crippen molar-refractivity contribution in [3.05, 3.63) is 42.2 Å². The molecule has 176 valence electrons. The van der Waals surface area contributed by atoms with Gasteiger partial charge >= 0.3 is 0 Å². The van der Waals surface area contributed by atoms with Crippen LogP contribution in [-0.4, -0.2) is 77.9 Å². The predicted molar refractivity (Wildman–Crippen MR) is 121 cm³/mol. The van der Waals surface area contributed by atoms with Crippen molar-refractivity contribution in [2.24, 2.45) is 0 Å². The first kappa shape index (κ1) is 23.1. The maximum absolute atomic E-state index is 12.8. The highest BCUT2D eigenvalue weighted by Crippen LogP contribution is 2.24. The van der Waals surface area contributed by atoms with E-state index in [9.17, 15) is 18.0 Å². The van der Waals surface area contributed by atoms with Gasteiger partial charge in [-0.2, -0.15) is 9.29 Å². The number of benzene rings is 1. The largest absolute Gasteiger partial charge is 0.439 e. The molecule has 33 heavy (non-hydrogen) atoms. The van der Waals surface area contributed by atoms with E-state index >= 15 is 0 Å². The highest BCUT2D eigenvalue weighted by atomic mass is 32.2. The normalized spacial score (nSPS) is 18.0. The van der Waals surface area contributed by atoms with Crippen LogP contribution < -0.4 is 9.64 Å². The summed E-state index contributed by atoms with van der Waals surface area (Å²) in [5.74, 6) is 1.49. The predicted octanol–water partition coefficient (Wildman–Crippen LogP) is 1.57. The number of likely N-dealkylation sites (tertiary alicyclic amines) is 1. The Morgan fingerprint density at radius 3 is 2.30 bits per heavy atom. The number of aromatic nitrogens is 2. The van der Waals surface area contributed by atoms with Crippen molar-refractivity contribution in [3.8, 4) is 11.6 Å². The molecule has 0 atom stereocenters. The molecule has 2 aromatic rings. The van der Waals surface area contributed by atoms with Crippen LogP contribution >= 0.6 is 0 Å². The number of rotatable bonds is 7. The van der Waals surface area contributed by atoms with Crippen molar-refractivity contribution in [1.29, 1.82) is 0 Å². The zero-order valence-corrected chi connectivity index (χ0v) is 19.3. The van der Waals surface area contributed by atoms with Crippen LogP contribution in [-0.2, 0) is 19.6 Å². The Morgan fingerprint density at radius 1 is 0.970 bits per heavy atom. The van der Waals surface area contributed by atoms with Gasteiger partial charge in [-0.15, -0.1) is 0 Å². The third kappa shape index (κ3) is 5.66. The number of imide groups is 1. The molecular weight excluding hydrogens is 446 g/mol. The first-order valence-electron chi connectivity index (χ1n) is 11.0. The average Bonchev–Trinajstić information content (AvgIpc) is 2.79. The van der Waals surface area contributed by atoms with Gasteiger partial charge in [0, 0.05) is 51.6 Å². The minimum atomic E-state index is -3.59. The summed E-state index contributed by atoms with van der Waals surface area (Å²) in [6, 6.07) is 11.1. The van der Waals surface area contributed by atoms with E-state index in [0.29, 0.717) is 68.7 Å². The van der Waals surface area contributed by atoms with E-state index in [-0.39, 0.29) is 24.1 Å². The van der Waals surface area contributed by atoms with Gasteiger partial charge in [0.15, 0.2) is 0 Å². The number of carbonyl (C=O) groups excluding carboxylic acids is 2. The number of anilines is 1. The summed E-state index contributed by atoms with van der Waals surface area (Å²) < 4.78 is 32.9. The third-order valence-corrected chi connectivity index (χ3v) is 7.53. The molecule has 0 radical (unpaired) electrons. The summed E-state index contributed by atoms with van der Waals surface area (Å²) in [6.45, 7) is 3.20. The maximum atomic E-state index is 12.8. The Balaban J connectivity index is 1.36. The molecule has 0 unspecified atom stereocenters. The Morgan fingerprint density at radius 2 is 1.64 bits per heavy atom. The van der Waals surface area contributed by atoms with Crippen molar-refractivity contribution in [2.75, 3.05) is 43.4 Å². The Hall–Kier alpha value is -3.05. The number of nitrogens with zero attached hydrogens (tertiary/aromatic N) is 5. The van der Waals surface area contributed by atoms with E-state index in [0.717, 1.165) is 4.90 Å². The van der Waals surface area contributed by atoms with Gasteiger partial charge in [-0.05, 0) is 25.5 Å². The number of carbonyl (C=O) groups is 2. The monoisotopic (exact) mass is 473 g/mol. The Labute approximate surface area is 193 Å². The van der Waals surface area contributed by atoms with Crippen molar-refractivity contribution < 1.29 is 22.7 Å². The zero-order valence-electron chi connectivity index (χ0n) is 18.5. The molecule has 0 spiro atoms. The van der Waals surface area contributed by atoms with Crippen LogP contribution in [0.4, 0.5) is 5.82 Å². The number of amides is 2. The summed E-state index contributed by atoms with van der Waals surface area (Å²) in [5, 5.41) is 0. The van der Waals surface area contributed by atoms with Gasteiger partial charge in [0.2, 0.25) is 27.7 Å². The molecule has 2 aliphatic heterocycles. The average molecular weight is 474 g/mol. The van der Waals surface area contributed by atoms with Gasteiger partial charge in [-0.1, -0.05) is 18.2 Å². The van der Waals surface area contributed by atoms with E-state index in [4.69, 9.17) is 4.74 Å². The number of aryl methyl sites for hydroxylation is 1. The van der Waals surface area contributed by atoms with Gasteiger partial charge in [-0.25, -0.2) is 13.4 Å². The van der Waals surface area contributed by atoms with Gasteiger partial charge in [0.25, 0.3) is 0 Å². The van der Waals surface area contributed by atoms with Gasteiger partial charge in [-0.3, -0.25) is 14.5 Å². The minimum absolute atomic E-state index is 0.0918. The lowest BCUT2D eigenvalue weighted by molar-refractivity contribution is -0.147. The Kier molecular flexibility index (Phi) is 6.89. The highest BCUT2D eigenvalue weighted by Gasteiger charge is 2.31. The second kappa shape index (κ2) is 9.84. The van der Waals surface area contributed by atoms with Gasteiger partial charge < -0.3 is 9.64 Å². The molecule has 3 heterocycles. The second-order valence-electron chi connectivity index (χ2n) is 8.02. The summed E-state index contributed by atoms with van der Waals surface area (Å²) in [5.41, 5.74) is 0. The quantitative estimate of drug-likeness (QED) is 0.557. The third-order valence-electron chi connectivity index (χ3n) is 5.68. The minimum Gasteiger partial charge on any atom is -0.439 e. The maximum Gasteiger partial charge on any atom is 0.229 e. The number of para-hydroxylation sites is 1. The molecule has 11 heteroatoms. The molecule has 4 rings (SSSR count). The van der Waals surface area contributed by atoms with E-state index in [2.05, 4.69) is 9.97 Å². The molecule has 2 amide bonds. The van der Waals surface area contributed by atoms with Crippen LogP contribution in [0.25, 0.3) is 0 Å².